The molecule has 4 aromatic rings. The Morgan fingerprint density at radius 2 is 1.94 bits per heavy atom. The summed E-state index contributed by atoms with van der Waals surface area (Å²) in [5.74, 6) is -1.23. The van der Waals surface area contributed by atoms with Crippen molar-refractivity contribution in [1.82, 2.24) is 24.9 Å². The molecule has 1 aliphatic rings. The maximum absolute atomic E-state index is 13.2. The Hall–Kier alpha value is -4.07. The van der Waals surface area contributed by atoms with Gasteiger partial charge in [0.25, 0.3) is 5.91 Å². The van der Waals surface area contributed by atoms with Crippen LogP contribution in [0.25, 0.3) is 11.0 Å². The van der Waals surface area contributed by atoms with Crippen LogP contribution in [0.15, 0.2) is 48.7 Å². The smallest absolute Gasteiger partial charge is 0.304 e. The molecule has 0 saturated carbocycles. The number of carbonyl (C=O) groups is 2. The normalized spacial score (nSPS) is 14.0. The topological polar surface area (TPSA) is 101 Å². The molecule has 0 radical (unpaired) electrons. The summed E-state index contributed by atoms with van der Waals surface area (Å²) in [5.41, 5.74) is 8.12. The lowest BCUT2D eigenvalue weighted by Crippen LogP contribution is -2.36. The van der Waals surface area contributed by atoms with Crippen molar-refractivity contribution in [3.8, 4) is 0 Å². The zero-order valence-electron chi connectivity index (χ0n) is 20.7. The molecule has 1 atom stereocenters. The SMILES string of the molecule is CCn1nnc2c(C)c(C(CC(=O)O)c3ccc4c(c3)CN(C(=O)c3cccnc3C)CC4)ccc21. The Balaban J connectivity index is 1.50. The van der Waals surface area contributed by atoms with Crippen LogP contribution in [-0.4, -0.2) is 48.4 Å². The number of carboxylic acids is 1. The van der Waals surface area contributed by atoms with E-state index in [1.807, 2.05) is 54.6 Å². The Labute approximate surface area is 209 Å². The summed E-state index contributed by atoms with van der Waals surface area (Å²) in [7, 11) is 0. The van der Waals surface area contributed by atoms with Gasteiger partial charge in [-0.3, -0.25) is 14.6 Å². The Morgan fingerprint density at radius 1 is 1.11 bits per heavy atom. The lowest BCUT2D eigenvalue weighted by molar-refractivity contribution is -0.137. The molecule has 184 valence electrons. The van der Waals surface area contributed by atoms with Gasteiger partial charge in [0.1, 0.15) is 5.52 Å². The molecular formula is C28H29N5O3. The number of pyridine rings is 1. The van der Waals surface area contributed by atoms with Crippen LogP contribution in [0.5, 0.6) is 0 Å². The first-order chi connectivity index (χ1) is 17.4. The van der Waals surface area contributed by atoms with E-state index >= 15 is 0 Å². The molecule has 0 spiro atoms. The molecule has 0 saturated heterocycles. The van der Waals surface area contributed by atoms with Gasteiger partial charge >= 0.3 is 5.97 Å². The third kappa shape index (κ3) is 4.23. The summed E-state index contributed by atoms with van der Waals surface area (Å²) in [4.78, 5) is 31.2. The van der Waals surface area contributed by atoms with Gasteiger partial charge in [-0.15, -0.1) is 5.10 Å². The summed E-state index contributed by atoms with van der Waals surface area (Å²) in [6.07, 6.45) is 2.41. The van der Waals surface area contributed by atoms with Gasteiger partial charge in [-0.2, -0.15) is 0 Å². The van der Waals surface area contributed by atoms with E-state index in [1.54, 1.807) is 12.3 Å². The molecule has 1 amide bonds. The van der Waals surface area contributed by atoms with E-state index in [0.29, 0.717) is 25.2 Å². The van der Waals surface area contributed by atoms with Gasteiger partial charge in [0.15, 0.2) is 0 Å². The average Bonchev–Trinajstić information content (AvgIpc) is 3.31. The molecule has 1 N–H and O–H groups in total. The van der Waals surface area contributed by atoms with Crippen LogP contribution in [0, 0.1) is 13.8 Å². The largest absolute Gasteiger partial charge is 0.481 e. The molecular weight excluding hydrogens is 454 g/mol. The molecule has 0 bridgehead atoms. The van der Waals surface area contributed by atoms with Crippen LogP contribution in [0.4, 0.5) is 0 Å². The fourth-order valence-corrected chi connectivity index (χ4v) is 5.22. The number of hydrogen-bond acceptors (Lipinski definition) is 5. The van der Waals surface area contributed by atoms with Gasteiger partial charge in [0, 0.05) is 37.4 Å². The summed E-state index contributed by atoms with van der Waals surface area (Å²) in [5, 5.41) is 18.4. The minimum absolute atomic E-state index is 0.0287. The Morgan fingerprint density at radius 3 is 2.69 bits per heavy atom. The number of rotatable bonds is 6. The predicted octanol–water partition coefficient (Wildman–Crippen LogP) is 4.27. The summed E-state index contributed by atoms with van der Waals surface area (Å²) < 4.78 is 1.84. The first kappa shape index (κ1) is 23.7. The van der Waals surface area contributed by atoms with Crippen molar-refractivity contribution in [2.24, 2.45) is 0 Å². The number of aryl methyl sites for hydroxylation is 3. The number of hydrogen-bond donors (Lipinski definition) is 1. The van der Waals surface area contributed by atoms with Crippen LogP contribution >= 0.6 is 0 Å². The molecule has 5 rings (SSSR count). The first-order valence-electron chi connectivity index (χ1n) is 12.2. The summed E-state index contributed by atoms with van der Waals surface area (Å²) in [6, 6.07) is 13.8. The highest BCUT2D eigenvalue weighted by atomic mass is 16.4. The second kappa shape index (κ2) is 9.53. The molecule has 1 unspecified atom stereocenters. The zero-order chi connectivity index (χ0) is 25.4. The zero-order valence-corrected chi connectivity index (χ0v) is 20.7. The van der Waals surface area contributed by atoms with E-state index < -0.39 is 5.97 Å². The van der Waals surface area contributed by atoms with Gasteiger partial charge in [-0.1, -0.05) is 29.5 Å². The molecule has 36 heavy (non-hydrogen) atoms. The number of benzene rings is 2. The van der Waals surface area contributed by atoms with Crippen molar-refractivity contribution in [2.45, 2.75) is 52.6 Å². The van der Waals surface area contributed by atoms with Crippen LogP contribution in [0.3, 0.4) is 0 Å². The fourth-order valence-electron chi connectivity index (χ4n) is 5.22. The lowest BCUT2D eigenvalue weighted by atomic mass is 9.83. The third-order valence-corrected chi connectivity index (χ3v) is 7.21. The third-order valence-electron chi connectivity index (χ3n) is 7.21. The van der Waals surface area contributed by atoms with Gasteiger partial charge in [0.05, 0.1) is 17.5 Å². The van der Waals surface area contributed by atoms with Gasteiger partial charge in [-0.05, 0) is 73.2 Å². The summed E-state index contributed by atoms with van der Waals surface area (Å²) in [6.45, 7) is 7.68. The van der Waals surface area contributed by atoms with Crippen molar-refractivity contribution >= 4 is 22.9 Å². The second-order valence-electron chi connectivity index (χ2n) is 9.34. The molecule has 2 aromatic carbocycles. The number of carbonyl (C=O) groups excluding carboxylic acids is 1. The number of aromatic nitrogens is 4. The van der Waals surface area contributed by atoms with Crippen molar-refractivity contribution in [3.05, 3.63) is 87.7 Å². The Bertz CT molecular complexity index is 1480. The quantitative estimate of drug-likeness (QED) is 0.440. The van der Waals surface area contributed by atoms with E-state index in [4.69, 9.17) is 0 Å². The van der Waals surface area contributed by atoms with Crippen molar-refractivity contribution < 1.29 is 14.7 Å². The number of amides is 1. The molecule has 2 aromatic heterocycles. The van der Waals surface area contributed by atoms with E-state index in [2.05, 4.69) is 27.4 Å². The average molecular weight is 484 g/mol. The van der Waals surface area contributed by atoms with Gasteiger partial charge in [0.2, 0.25) is 0 Å². The molecule has 8 heteroatoms. The van der Waals surface area contributed by atoms with Gasteiger partial charge in [-0.25, -0.2) is 4.68 Å². The highest BCUT2D eigenvalue weighted by Gasteiger charge is 2.26. The number of carboxylic acid groups (broad SMARTS) is 1. The van der Waals surface area contributed by atoms with E-state index in [0.717, 1.165) is 45.4 Å². The van der Waals surface area contributed by atoms with Crippen LogP contribution < -0.4 is 0 Å². The van der Waals surface area contributed by atoms with E-state index in [1.165, 1.54) is 5.56 Å². The van der Waals surface area contributed by atoms with Crippen LogP contribution in [0.1, 0.15) is 63.1 Å². The molecule has 0 aliphatic carbocycles. The Kier molecular flexibility index (Phi) is 6.26. The minimum Gasteiger partial charge on any atom is -0.481 e. The number of fused-ring (bicyclic) bond motifs is 2. The van der Waals surface area contributed by atoms with Crippen molar-refractivity contribution in [2.75, 3.05) is 6.54 Å². The van der Waals surface area contributed by atoms with Crippen molar-refractivity contribution in [1.29, 1.82) is 0 Å². The highest BCUT2D eigenvalue weighted by molar-refractivity contribution is 5.95. The summed E-state index contributed by atoms with van der Waals surface area (Å²) >= 11 is 0. The monoisotopic (exact) mass is 483 g/mol. The van der Waals surface area contributed by atoms with E-state index in [9.17, 15) is 14.7 Å². The fraction of sp³-hybridized carbons (Fsp3) is 0.321. The molecule has 1 aliphatic heterocycles. The van der Waals surface area contributed by atoms with Crippen LogP contribution in [-0.2, 0) is 24.3 Å². The molecule has 0 fully saturated rings. The van der Waals surface area contributed by atoms with Crippen LogP contribution in [0.2, 0.25) is 0 Å². The van der Waals surface area contributed by atoms with E-state index in [-0.39, 0.29) is 18.2 Å². The number of aliphatic carboxylic acids is 1. The second-order valence-corrected chi connectivity index (χ2v) is 9.34. The molecule has 8 nitrogen and oxygen atoms in total. The maximum Gasteiger partial charge on any atom is 0.304 e. The van der Waals surface area contributed by atoms with Crippen molar-refractivity contribution in [3.63, 3.8) is 0 Å². The maximum atomic E-state index is 13.2. The highest BCUT2D eigenvalue weighted by Crippen LogP contribution is 2.35. The minimum atomic E-state index is -0.863. The van der Waals surface area contributed by atoms with Gasteiger partial charge < -0.3 is 10.0 Å². The lowest BCUT2D eigenvalue weighted by Gasteiger charge is -2.30. The molecule has 3 heterocycles. The first-order valence-corrected chi connectivity index (χ1v) is 12.2. The standard InChI is InChI=1S/C28H29N5O3/c1-4-33-25-10-9-22(17(2)27(25)30-31-33)24(15-26(34)35)20-8-7-19-11-13-32(16-21(19)14-20)28(36)23-6-5-12-29-18(23)3/h5-10,12,14,24H,4,11,13,15-16H2,1-3H3,(H,34,35). The predicted molar refractivity (Wildman–Crippen MR) is 136 cm³/mol. The number of nitrogens with zero attached hydrogens (tertiary/aromatic N) is 5.